The molecule has 1 unspecified atom stereocenters. The van der Waals surface area contributed by atoms with Gasteiger partial charge in [0.1, 0.15) is 18.4 Å². The fourth-order valence-electron chi connectivity index (χ4n) is 2.40. The second kappa shape index (κ2) is 6.68. The second-order valence-corrected chi connectivity index (χ2v) is 5.80. The molecular formula is C16H23N3O3. The highest BCUT2D eigenvalue weighted by Gasteiger charge is 2.27. The maximum atomic E-state index is 12.5. The van der Waals surface area contributed by atoms with Crippen LogP contribution in [0.25, 0.3) is 0 Å². The first-order valence-electron chi connectivity index (χ1n) is 7.39. The monoisotopic (exact) mass is 305 g/mol. The summed E-state index contributed by atoms with van der Waals surface area (Å²) in [6.07, 6.45) is 0. The van der Waals surface area contributed by atoms with E-state index in [1.54, 1.807) is 25.9 Å². The first-order valence-corrected chi connectivity index (χ1v) is 7.39. The van der Waals surface area contributed by atoms with Crippen molar-refractivity contribution in [2.24, 2.45) is 0 Å². The summed E-state index contributed by atoms with van der Waals surface area (Å²) in [7, 11) is 3.34. The van der Waals surface area contributed by atoms with E-state index >= 15 is 0 Å². The van der Waals surface area contributed by atoms with E-state index in [0.29, 0.717) is 13.2 Å². The number of carbonyl (C=O) groups is 2. The Labute approximate surface area is 131 Å². The Balaban J connectivity index is 2.10. The van der Waals surface area contributed by atoms with E-state index in [2.05, 4.69) is 5.32 Å². The number of hydrogen-bond donors (Lipinski definition) is 1. The zero-order chi connectivity index (χ0) is 16.3. The molecular weight excluding hydrogens is 282 g/mol. The topological polar surface area (TPSA) is 61.9 Å². The zero-order valence-corrected chi connectivity index (χ0v) is 13.5. The summed E-state index contributed by atoms with van der Waals surface area (Å²) in [5.41, 5.74) is 0.966. The normalized spacial score (nSPS) is 18.5. The number of urea groups is 1. The lowest BCUT2D eigenvalue weighted by Gasteiger charge is -2.28. The average molecular weight is 305 g/mol. The van der Waals surface area contributed by atoms with Gasteiger partial charge in [-0.1, -0.05) is 18.2 Å². The summed E-state index contributed by atoms with van der Waals surface area (Å²) in [5, 5.41) is 2.76. The second-order valence-electron chi connectivity index (χ2n) is 5.80. The van der Waals surface area contributed by atoms with E-state index in [0.717, 1.165) is 11.3 Å². The van der Waals surface area contributed by atoms with Crippen molar-refractivity contribution in [1.82, 2.24) is 15.1 Å². The van der Waals surface area contributed by atoms with E-state index in [1.165, 1.54) is 4.90 Å². The van der Waals surface area contributed by atoms with Crippen LogP contribution in [0.15, 0.2) is 24.3 Å². The summed E-state index contributed by atoms with van der Waals surface area (Å²) < 4.78 is 5.73. The number of para-hydroxylation sites is 1. The molecule has 0 fully saturated rings. The molecule has 0 saturated heterocycles. The van der Waals surface area contributed by atoms with Crippen molar-refractivity contribution < 1.29 is 14.3 Å². The smallest absolute Gasteiger partial charge is 0.318 e. The van der Waals surface area contributed by atoms with Gasteiger partial charge in [0.25, 0.3) is 0 Å². The van der Waals surface area contributed by atoms with Crippen molar-refractivity contribution in [1.29, 1.82) is 0 Å². The number of carbonyl (C=O) groups excluding carboxylic acids is 2. The van der Waals surface area contributed by atoms with Crippen LogP contribution in [0, 0.1) is 0 Å². The molecule has 1 heterocycles. The van der Waals surface area contributed by atoms with Crippen molar-refractivity contribution in [2.75, 3.05) is 20.7 Å². The molecule has 2 rings (SSSR count). The van der Waals surface area contributed by atoms with Gasteiger partial charge in [-0.15, -0.1) is 0 Å². The van der Waals surface area contributed by atoms with Gasteiger partial charge in [0.2, 0.25) is 5.91 Å². The molecule has 120 valence electrons. The van der Waals surface area contributed by atoms with Gasteiger partial charge in [0, 0.05) is 19.7 Å². The SMILES string of the molecule is CC1COc2ccccc2CN1C(=O)N[C@@H](C)C(=O)N(C)C. The van der Waals surface area contributed by atoms with Gasteiger partial charge >= 0.3 is 6.03 Å². The Morgan fingerprint density at radius 1 is 1.36 bits per heavy atom. The molecule has 1 aromatic carbocycles. The van der Waals surface area contributed by atoms with Crippen molar-refractivity contribution >= 4 is 11.9 Å². The largest absolute Gasteiger partial charge is 0.491 e. The predicted molar refractivity (Wildman–Crippen MR) is 83.6 cm³/mol. The minimum Gasteiger partial charge on any atom is -0.491 e. The maximum absolute atomic E-state index is 12.5. The van der Waals surface area contributed by atoms with Gasteiger partial charge in [0.15, 0.2) is 0 Å². The first-order chi connectivity index (χ1) is 10.4. The van der Waals surface area contributed by atoms with Gasteiger partial charge < -0.3 is 19.9 Å². The molecule has 1 N–H and O–H groups in total. The van der Waals surface area contributed by atoms with Crippen molar-refractivity contribution in [3.05, 3.63) is 29.8 Å². The third-order valence-corrected chi connectivity index (χ3v) is 3.74. The van der Waals surface area contributed by atoms with Crippen LogP contribution < -0.4 is 10.1 Å². The minimum atomic E-state index is -0.561. The summed E-state index contributed by atoms with van der Waals surface area (Å²) in [4.78, 5) is 27.5. The standard InChI is InChI=1S/C16H23N3O3/c1-11-10-22-14-8-6-5-7-13(14)9-19(11)16(21)17-12(2)15(20)18(3)4/h5-8,11-12H,9-10H2,1-4H3,(H,17,21)/t11?,12-/m0/s1. The van der Waals surface area contributed by atoms with Crippen molar-refractivity contribution in [2.45, 2.75) is 32.5 Å². The van der Waals surface area contributed by atoms with E-state index in [4.69, 9.17) is 4.74 Å². The quantitative estimate of drug-likeness (QED) is 0.900. The number of benzene rings is 1. The highest BCUT2D eigenvalue weighted by Crippen LogP contribution is 2.24. The number of nitrogens with one attached hydrogen (secondary N) is 1. The lowest BCUT2D eigenvalue weighted by molar-refractivity contribution is -0.130. The molecule has 6 heteroatoms. The first kappa shape index (κ1) is 16.1. The highest BCUT2D eigenvalue weighted by atomic mass is 16.5. The predicted octanol–water partition coefficient (Wildman–Crippen LogP) is 1.46. The Kier molecular flexibility index (Phi) is 4.90. The number of fused-ring (bicyclic) bond motifs is 1. The van der Waals surface area contributed by atoms with Crippen molar-refractivity contribution in [3.8, 4) is 5.75 Å². The highest BCUT2D eigenvalue weighted by molar-refractivity contribution is 5.86. The van der Waals surface area contributed by atoms with Crippen LogP contribution in [0.5, 0.6) is 5.75 Å². The number of ether oxygens (including phenoxy) is 1. The van der Waals surface area contributed by atoms with E-state index in [-0.39, 0.29) is 18.0 Å². The summed E-state index contributed by atoms with van der Waals surface area (Å²) in [6.45, 7) is 4.52. The molecule has 0 radical (unpaired) electrons. The summed E-state index contributed by atoms with van der Waals surface area (Å²) in [5.74, 6) is 0.676. The van der Waals surface area contributed by atoms with Gasteiger partial charge in [-0.05, 0) is 19.9 Å². The molecule has 1 aliphatic heterocycles. The Bertz CT molecular complexity index is 559. The number of rotatable bonds is 2. The molecule has 22 heavy (non-hydrogen) atoms. The molecule has 0 spiro atoms. The van der Waals surface area contributed by atoms with Crippen molar-refractivity contribution in [3.63, 3.8) is 0 Å². The number of nitrogens with zero attached hydrogens (tertiary/aromatic N) is 2. The minimum absolute atomic E-state index is 0.0749. The molecule has 0 bridgehead atoms. The molecule has 0 aliphatic carbocycles. The Morgan fingerprint density at radius 2 is 2.05 bits per heavy atom. The summed E-state index contributed by atoms with van der Waals surface area (Å²) in [6, 6.07) is 6.80. The lowest BCUT2D eigenvalue weighted by Crippen LogP contribution is -2.52. The molecule has 3 amide bonds. The van der Waals surface area contributed by atoms with Crippen LogP contribution in [0.3, 0.4) is 0 Å². The Morgan fingerprint density at radius 3 is 2.73 bits per heavy atom. The van der Waals surface area contributed by atoms with Crippen LogP contribution >= 0.6 is 0 Å². The maximum Gasteiger partial charge on any atom is 0.318 e. The molecule has 6 nitrogen and oxygen atoms in total. The van der Waals surface area contributed by atoms with Gasteiger partial charge in [0.05, 0.1) is 12.6 Å². The third-order valence-electron chi connectivity index (χ3n) is 3.74. The summed E-state index contributed by atoms with van der Waals surface area (Å²) >= 11 is 0. The molecule has 0 saturated carbocycles. The average Bonchev–Trinajstić information content (AvgIpc) is 2.66. The van der Waals surface area contributed by atoms with Gasteiger partial charge in [-0.3, -0.25) is 4.79 Å². The molecule has 1 aromatic rings. The molecule has 2 atom stereocenters. The van der Waals surface area contributed by atoms with Gasteiger partial charge in [-0.25, -0.2) is 4.79 Å². The molecule has 1 aliphatic rings. The Hall–Kier alpha value is -2.24. The van der Waals surface area contributed by atoms with Crippen LogP contribution in [0.2, 0.25) is 0 Å². The fraction of sp³-hybridized carbons (Fsp3) is 0.500. The number of likely N-dealkylation sites (N-methyl/N-ethyl adjacent to an activating group) is 1. The fourth-order valence-corrected chi connectivity index (χ4v) is 2.40. The van der Waals surface area contributed by atoms with Crippen LogP contribution in [-0.4, -0.2) is 54.5 Å². The molecule has 0 aromatic heterocycles. The van der Waals surface area contributed by atoms with E-state index < -0.39 is 6.04 Å². The van der Waals surface area contributed by atoms with Gasteiger partial charge in [-0.2, -0.15) is 0 Å². The number of hydrogen-bond acceptors (Lipinski definition) is 3. The van der Waals surface area contributed by atoms with Crippen LogP contribution in [0.1, 0.15) is 19.4 Å². The zero-order valence-electron chi connectivity index (χ0n) is 13.5. The van der Waals surface area contributed by atoms with E-state index in [9.17, 15) is 9.59 Å². The third kappa shape index (κ3) is 3.50. The van der Waals surface area contributed by atoms with Crippen LogP contribution in [-0.2, 0) is 11.3 Å². The van der Waals surface area contributed by atoms with E-state index in [1.807, 2.05) is 31.2 Å². The lowest BCUT2D eigenvalue weighted by atomic mass is 10.2. The van der Waals surface area contributed by atoms with Crippen LogP contribution in [0.4, 0.5) is 4.79 Å². The number of amides is 3.